The lowest BCUT2D eigenvalue weighted by atomic mass is 10.2. The van der Waals surface area contributed by atoms with E-state index in [2.05, 4.69) is 55.3 Å². The van der Waals surface area contributed by atoms with Crippen molar-refractivity contribution in [2.75, 3.05) is 60.6 Å². The molecule has 2 aromatic rings. The number of hydrogen-bond donors (Lipinski definition) is 3. The Hall–Kier alpha value is -3.13. The van der Waals surface area contributed by atoms with Crippen LogP contribution in [0.3, 0.4) is 0 Å². The van der Waals surface area contributed by atoms with E-state index in [1.807, 2.05) is 12.1 Å². The molecular formula is C20H27N7O. The van der Waals surface area contributed by atoms with E-state index in [0.717, 1.165) is 44.1 Å². The van der Waals surface area contributed by atoms with Gasteiger partial charge in [0.15, 0.2) is 0 Å². The maximum Gasteiger partial charge on any atom is 0.247 e. The maximum atomic E-state index is 11.9. The molecular weight excluding hydrogens is 354 g/mol. The highest BCUT2D eigenvalue weighted by atomic mass is 16.1. The van der Waals surface area contributed by atoms with Crippen LogP contribution in [0.25, 0.3) is 0 Å². The number of carbonyl (C=O) groups is 1. The second kappa shape index (κ2) is 9.18. The molecule has 0 unspecified atom stereocenters. The molecule has 1 amide bonds. The first-order valence-electron chi connectivity index (χ1n) is 9.44. The fourth-order valence-electron chi connectivity index (χ4n) is 3.15. The van der Waals surface area contributed by atoms with Gasteiger partial charge in [-0.05, 0) is 30.8 Å². The number of likely N-dealkylation sites (N-methyl/N-ethyl adjacent to an activating group) is 1. The third-order valence-electron chi connectivity index (χ3n) is 4.82. The van der Waals surface area contributed by atoms with Gasteiger partial charge in [0.2, 0.25) is 5.91 Å². The van der Waals surface area contributed by atoms with Gasteiger partial charge in [-0.15, -0.1) is 0 Å². The molecule has 0 aliphatic carbocycles. The van der Waals surface area contributed by atoms with Crippen molar-refractivity contribution in [3.05, 3.63) is 43.2 Å². The first-order chi connectivity index (χ1) is 13.6. The van der Waals surface area contributed by atoms with E-state index in [0.29, 0.717) is 17.3 Å². The van der Waals surface area contributed by atoms with Crippen LogP contribution in [0.1, 0.15) is 6.92 Å². The minimum absolute atomic E-state index is 0.255. The first-order valence-corrected chi connectivity index (χ1v) is 9.44. The van der Waals surface area contributed by atoms with Gasteiger partial charge < -0.3 is 25.8 Å². The van der Waals surface area contributed by atoms with Gasteiger partial charge in [-0.3, -0.25) is 4.79 Å². The number of aromatic nitrogens is 2. The van der Waals surface area contributed by atoms with Crippen molar-refractivity contribution in [3.8, 4) is 0 Å². The van der Waals surface area contributed by atoms with E-state index < -0.39 is 0 Å². The third kappa shape index (κ3) is 4.77. The molecule has 8 nitrogen and oxygen atoms in total. The van der Waals surface area contributed by atoms with Crippen molar-refractivity contribution in [1.82, 2.24) is 14.9 Å². The Morgan fingerprint density at radius 2 is 1.89 bits per heavy atom. The highest BCUT2D eigenvalue weighted by molar-refractivity contribution is 6.02. The Bertz CT molecular complexity index is 831. The van der Waals surface area contributed by atoms with Crippen molar-refractivity contribution in [2.45, 2.75) is 6.92 Å². The smallest absolute Gasteiger partial charge is 0.247 e. The fraction of sp³-hybridized carbons (Fsp3) is 0.350. The number of anilines is 5. The number of benzene rings is 1. The van der Waals surface area contributed by atoms with Gasteiger partial charge in [-0.1, -0.05) is 13.5 Å². The third-order valence-corrected chi connectivity index (χ3v) is 4.82. The number of carbonyl (C=O) groups excluding carboxylic acids is 1. The van der Waals surface area contributed by atoms with Gasteiger partial charge in [-0.2, -0.15) is 0 Å². The summed E-state index contributed by atoms with van der Waals surface area (Å²) in [4.78, 5) is 25.1. The minimum atomic E-state index is -0.255. The Morgan fingerprint density at radius 1 is 1.14 bits per heavy atom. The molecule has 1 saturated heterocycles. The molecule has 8 heteroatoms. The zero-order valence-electron chi connectivity index (χ0n) is 16.4. The van der Waals surface area contributed by atoms with Gasteiger partial charge in [0.25, 0.3) is 0 Å². The highest BCUT2D eigenvalue weighted by Gasteiger charge is 2.17. The van der Waals surface area contributed by atoms with Crippen molar-refractivity contribution in [1.29, 1.82) is 0 Å². The molecule has 0 saturated carbocycles. The molecule has 1 aliphatic heterocycles. The number of hydrogen-bond acceptors (Lipinski definition) is 7. The van der Waals surface area contributed by atoms with Gasteiger partial charge in [-0.25, -0.2) is 9.97 Å². The summed E-state index contributed by atoms with van der Waals surface area (Å²) in [5, 5.41) is 9.13. The molecule has 3 rings (SSSR count). The van der Waals surface area contributed by atoms with E-state index in [4.69, 9.17) is 0 Å². The Labute approximate surface area is 165 Å². The second-order valence-corrected chi connectivity index (χ2v) is 6.51. The summed E-state index contributed by atoms with van der Waals surface area (Å²) in [5.41, 5.74) is 2.52. The van der Waals surface area contributed by atoms with Crippen molar-refractivity contribution < 1.29 is 4.79 Å². The van der Waals surface area contributed by atoms with Crippen molar-refractivity contribution in [2.24, 2.45) is 0 Å². The lowest BCUT2D eigenvalue weighted by Gasteiger charge is -2.35. The lowest BCUT2D eigenvalue weighted by molar-refractivity contribution is -0.111. The van der Waals surface area contributed by atoms with Crippen LogP contribution >= 0.6 is 0 Å². The monoisotopic (exact) mass is 381 g/mol. The predicted molar refractivity (Wildman–Crippen MR) is 114 cm³/mol. The summed E-state index contributed by atoms with van der Waals surface area (Å²) in [6.45, 7) is 10.8. The quantitative estimate of drug-likeness (QED) is 0.636. The Balaban J connectivity index is 1.84. The molecule has 1 aromatic carbocycles. The van der Waals surface area contributed by atoms with Crippen LogP contribution in [0.5, 0.6) is 0 Å². The summed E-state index contributed by atoms with van der Waals surface area (Å²) < 4.78 is 0. The molecule has 28 heavy (non-hydrogen) atoms. The molecule has 1 aromatic heterocycles. The summed E-state index contributed by atoms with van der Waals surface area (Å²) in [5.74, 6) is 1.09. The zero-order chi connectivity index (χ0) is 19.9. The minimum Gasteiger partial charge on any atom is -0.373 e. The largest absolute Gasteiger partial charge is 0.373 e. The lowest BCUT2D eigenvalue weighted by Crippen LogP contribution is -2.46. The number of nitrogens with zero attached hydrogens (tertiary/aromatic N) is 4. The average molecular weight is 381 g/mol. The average Bonchev–Trinajstić information content (AvgIpc) is 2.75. The SMILES string of the molecule is C=CC(=O)Nc1cc(N2CCN(CC)CC2)ccc1Nc1cc(NC)ncn1. The van der Waals surface area contributed by atoms with Gasteiger partial charge in [0, 0.05) is 45.0 Å². The molecule has 148 valence electrons. The fourth-order valence-corrected chi connectivity index (χ4v) is 3.15. The van der Waals surface area contributed by atoms with Gasteiger partial charge in [0.05, 0.1) is 11.4 Å². The molecule has 3 N–H and O–H groups in total. The number of nitrogens with one attached hydrogen (secondary N) is 3. The predicted octanol–water partition coefficient (Wildman–Crippen LogP) is 2.53. The van der Waals surface area contributed by atoms with Crippen molar-refractivity contribution in [3.63, 3.8) is 0 Å². The van der Waals surface area contributed by atoms with E-state index in [1.165, 1.54) is 12.4 Å². The van der Waals surface area contributed by atoms with E-state index in [9.17, 15) is 4.79 Å². The Morgan fingerprint density at radius 3 is 2.57 bits per heavy atom. The van der Waals surface area contributed by atoms with E-state index in [1.54, 1.807) is 13.1 Å². The molecule has 0 spiro atoms. The standard InChI is InChI=1S/C20H27N7O/c1-4-20(28)25-17-12-15(27-10-8-26(5-2)9-11-27)6-7-16(17)24-19-13-18(21-3)22-14-23-19/h4,6-7,12-14H,1,5,8-11H2,2-3H3,(H,25,28)(H2,21,22,23,24). The van der Waals surface area contributed by atoms with Gasteiger partial charge >= 0.3 is 0 Å². The normalized spacial score (nSPS) is 14.4. The van der Waals surface area contributed by atoms with E-state index in [-0.39, 0.29) is 5.91 Å². The molecule has 1 fully saturated rings. The highest BCUT2D eigenvalue weighted by Crippen LogP contribution is 2.31. The van der Waals surface area contributed by atoms with Crippen LogP contribution in [-0.2, 0) is 4.79 Å². The number of piperazine rings is 1. The van der Waals surface area contributed by atoms with Crippen molar-refractivity contribution >= 4 is 34.6 Å². The summed E-state index contributed by atoms with van der Waals surface area (Å²) in [6, 6.07) is 7.82. The molecule has 1 aliphatic rings. The molecule has 0 radical (unpaired) electrons. The second-order valence-electron chi connectivity index (χ2n) is 6.51. The van der Waals surface area contributed by atoms with Crippen LogP contribution in [0.4, 0.5) is 28.7 Å². The van der Waals surface area contributed by atoms with Crippen LogP contribution in [0, 0.1) is 0 Å². The first kappa shape index (κ1) is 19.6. The summed E-state index contributed by atoms with van der Waals surface area (Å²) in [6.07, 6.45) is 2.75. The zero-order valence-corrected chi connectivity index (χ0v) is 16.4. The molecule has 0 bridgehead atoms. The van der Waals surface area contributed by atoms with Crippen LogP contribution in [0.15, 0.2) is 43.2 Å². The number of amides is 1. The molecule has 2 heterocycles. The number of rotatable bonds is 7. The molecule has 0 atom stereocenters. The van der Waals surface area contributed by atoms with Gasteiger partial charge in [0.1, 0.15) is 18.0 Å². The van der Waals surface area contributed by atoms with Crippen LogP contribution in [-0.4, -0.2) is 60.5 Å². The topological polar surface area (TPSA) is 85.4 Å². The van der Waals surface area contributed by atoms with E-state index >= 15 is 0 Å². The van der Waals surface area contributed by atoms with Crippen LogP contribution < -0.4 is 20.9 Å². The summed E-state index contributed by atoms with van der Waals surface area (Å²) in [7, 11) is 1.80. The maximum absolute atomic E-state index is 11.9. The summed E-state index contributed by atoms with van der Waals surface area (Å²) >= 11 is 0. The Kier molecular flexibility index (Phi) is 6.44. The van der Waals surface area contributed by atoms with Crippen LogP contribution in [0.2, 0.25) is 0 Å².